The summed E-state index contributed by atoms with van der Waals surface area (Å²) in [5, 5.41) is 7.76. The van der Waals surface area contributed by atoms with Gasteiger partial charge in [-0.1, -0.05) is 0 Å². The van der Waals surface area contributed by atoms with Crippen LogP contribution in [0.4, 0.5) is 20.7 Å². The van der Waals surface area contributed by atoms with E-state index in [1.165, 1.54) is 0 Å². The van der Waals surface area contributed by atoms with Crippen molar-refractivity contribution < 1.29 is 13.5 Å². The highest BCUT2D eigenvalue weighted by Crippen LogP contribution is 2.42. The Morgan fingerprint density at radius 3 is 2.71 bits per heavy atom. The molecule has 160 valence electrons. The second kappa shape index (κ2) is 7.12. The van der Waals surface area contributed by atoms with Gasteiger partial charge >= 0.3 is 0 Å². The molecule has 0 unspecified atom stereocenters. The molecule has 2 fully saturated rings. The fraction of sp³-hybridized carbons (Fsp3) is 0.400. The topological polar surface area (TPSA) is 96.3 Å². The molecular weight excluding hydrogens is 406 g/mol. The zero-order valence-electron chi connectivity index (χ0n) is 16.6. The standard InChI is InChI=1S/C20H20F2N8O/c21-13-7-15-16(8-14(13)22)26-17(25-15)10-23-19-28-20(29-3-5-31-6-4-29)27-18-12(11-1-2-11)9-24-30(18)19/h7-9,11H,1-6,10H2,(H,25,26)(H,23,27,28). The van der Waals surface area contributed by atoms with Crippen LogP contribution in [0.25, 0.3) is 16.7 Å². The van der Waals surface area contributed by atoms with Crippen LogP contribution in [-0.4, -0.2) is 55.9 Å². The van der Waals surface area contributed by atoms with E-state index in [9.17, 15) is 8.78 Å². The molecule has 0 amide bonds. The third-order valence-electron chi connectivity index (χ3n) is 5.68. The monoisotopic (exact) mass is 426 g/mol. The van der Waals surface area contributed by atoms with Crippen molar-refractivity contribution in [3.63, 3.8) is 0 Å². The van der Waals surface area contributed by atoms with Gasteiger partial charge in [-0.05, 0) is 18.8 Å². The first-order valence-electron chi connectivity index (χ1n) is 10.3. The largest absolute Gasteiger partial charge is 0.378 e. The van der Waals surface area contributed by atoms with Crippen LogP contribution in [0.15, 0.2) is 18.3 Å². The minimum absolute atomic E-state index is 0.283. The summed E-state index contributed by atoms with van der Waals surface area (Å²) in [5.41, 5.74) is 2.74. The lowest BCUT2D eigenvalue weighted by Crippen LogP contribution is -2.37. The lowest BCUT2D eigenvalue weighted by Gasteiger charge is -2.27. The van der Waals surface area contributed by atoms with Crippen molar-refractivity contribution in [2.75, 3.05) is 36.5 Å². The molecule has 31 heavy (non-hydrogen) atoms. The van der Waals surface area contributed by atoms with Gasteiger partial charge in [-0.15, -0.1) is 0 Å². The molecule has 1 aromatic carbocycles. The van der Waals surface area contributed by atoms with Gasteiger partial charge in [0.1, 0.15) is 5.82 Å². The van der Waals surface area contributed by atoms with Gasteiger partial charge in [-0.25, -0.2) is 13.8 Å². The number of fused-ring (bicyclic) bond motifs is 2. The SMILES string of the molecule is Fc1cc2nc(CNc3nc(N4CCOCC4)nc4c(C5CC5)cnn34)[nH]c2cc1F. The predicted molar refractivity (Wildman–Crippen MR) is 109 cm³/mol. The Kier molecular flexibility index (Phi) is 4.23. The Morgan fingerprint density at radius 2 is 1.90 bits per heavy atom. The van der Waals surface area contributed by atoms with Gasteiger partial charge in [0, 0.05) is 30.8 Å². The number of halogens is 2. The summed E-state index contributed by atoms with van der Waals surface area (Å²) < 4.78 is 34.1. The van der Waals surface area contributed by atoms with Crippen molar-refractivity contribution in [2.24, 2.45) is 0 Å². The average Bonchev–Trinajstić information content (AvgIpc) is 3.42. The second-order valence-corrected chi connectivity index (χ2v) is 7.88. The zero-order valence-corrected chi connectivity index (χ0v) is 16.6. The molecule has 3 aromatic heterocycles. The minimum Gasteiger partial charge on any atom is -0.378 e. The molecular formula is C20H20F2N8O. The van der Waals surface area contributed by atoms with Gasteiger partial charge in [-0.2, -0.15) is 19.6 Å². The van der Waals surface area contributed by atoms with E-state index in [0.29, 0.717) is 47.9 Å². The number of anilines is 2. The molecule has 2 N–H and O–H groups in total. The van der Waals surface area contributed by atoms with E-state index in [0.717, 1.165) is 49.3 Å². The van der Waals surface area contributed by atoms with E-state index >= 15 is 0 Å². The van der Waals surface area contributed by atoms with Crippen LogP contribution in [0.3, 0.4) is 0 Å². The number of hydrogen-bond donors (Lipinski definition) is 2. The van der Waals surface area contributed by atoms with E-state index in [1.54, 1.807) is 4.52 Å². The first-order chi connectivity index (χ1) is 15.2. The van der Waals surface area contributed by atoms with E-state index in [1.807, 2.05) is 6.20 Å². The van der Waals surface area contributed by atoms with E-state index in [2.05, 4.69) is 25.3 Å². The average molecular weight is 426 g/mol. The van der Waals surface area contributed by atoms with Gasteiger partial charge in [0.15, 0.2) is 17.3 Å². The van der Waals surface area contributed by atoms with Gasteiger partial charge in [0.05, 0.1) is 37.0 Å². The number of H-pyrrole nitrogens is 1. The Morgan fingerprint density at radius 1 is 1.10 bits per heavy atom. The Bertz CT molecular complexity index is 1240. The van der Waals surface area contributed by atoms with Crippen molar-refractivity contribution in [1.29, 1.82) is 0 Å². The summed E-state index contributed by atoms with van der Waals surface area (Å²) >= 11 is 0. The van der Waals surface area contributed by atoms with Crippen LogP contribution < -0.4 is 10.2 Å². The van der Waals surface area contributed by atoms with Gasteiger partial charge in [0.25, 0.3) is 0 Å². The van der Waals surface area contributed by atoms with E-state index in [4.69, 9.17) is 14.7 Å². The van der Waals surface area contributed by atoms with Crippen molar-refractivity contribution in [3.05, 3.63) is 41.4 Å². The number of hydrogen-bond acceptors (Lipinski definition) is 7. The maximum atomic E-state index is 13.5. The summed E-state index contributed by atoms with van der Waals surface area (Å²) in [7, 11) is 0. The Balaban J connectivity index is 1.34. The number of ether oxygens (including phenoxy) is 1. The van der Waals surface area contributed by atoms with Crippen molar-refractivity contribution >= 4 is 28.6 Å². The van der Waals surface area contributed by atoms with E-state index in [-0.39, 0.29) is 6.54 Å². The first kappa shape index (κ1) is 18.4. The summed E-state index contributed by atoms with van der Waals surface area (Å²) in [6, 6.07) is 2.19. The van der Waals surface area contributed by atoms with Crippen LogP contribution in [0.1, 0.15) is 30.1 Å². The summed E-state index contributed by atoms with van der Waals surface area (Å²) in [4.78, 5) is 19.0. The molecule has 1 aliphatic carbocycles. The van der Waals surface area contributed by atoms with Crippen LogP contribution in [0, 0.1) is 11.6 Å². The smallest absolute Gasteiger partial charge is 0.230 e. The molecule has 0 atom stereocenters. The quantitative estimate of drug-likeness (QED) is 0.506. The summed E-state index contributed by atoms with van der Waals surface area (Å²) in [5.74, 6) is 0.376. The van der Waals surface area contributed by atoms with Crippen molar-refractivity contribution in [3.8, 4) is 0 Å². The Hall–Kier alpha value is -3.34. The molecule has 1 saturated heterocycles. The van der Waals surface area contributed by atoms with E-state index < -0.39 is 11.6 Å². The highest BCUT2D eigenvalue weighted by atomic mass is 19.2. The third-order valence-corrected chi connectivity index (χ3v) is 5.68. The summed E-state index contributed by atoms with van der Waals surface area (Å²) in [6.45, 7) is 3.01. The first-order valence-corrected chi connectivity index (χ1v) is 10.3. The molecule has 0 bridgehead atoms. The lowest BCUT2D eigenvalue weighted by molar-refractivity contribution is 0.122. The molecule has 9 nitrogen and oxygen atoms in total. The third kappa shape index (κ3) is 3.34. The number of rotatable bonds is 5. The molecule has 11 heteroatoms. The zero-order chi connectivity index (χ0) is 20.9. The molecule has 4 aromatic rings. The summed E-state index contributed by atoms with van der Waals surface area (Å²) in [6.07, 6.45) is 4.16. The minimum atomic E-state index is -0.921. The molecule has 6 rings (SSSR count). The number of nitrogens with one attached hydrogen (secondary N) is 2. The van der Waals surface area contributed by atoms with Gasteiger partial charge in [0.2, 0.25) is 11.9 Å². The highest BCUT2D eigenvalue weighted by molar-refractivity contribution is 5.75. The lowest BCUT2D eigenvalue weighted by atomic mass is 10.2. The second-order valence-electron chi connectivity index (χ2n) is 7.88. The maximum absolute atomic E-state index is 13.5. The van der Waals surface area contributed by atoms with Crippen LogP contribution in [0.2, 0.25) is 0 Å². The number of benzene rings is 1. The van der Waals surface area contributed by atoms with Crippen LogP contribution in [0.5, 0.6) is 0 Å². The molecule has 0 radical (unpaired) electrons. The molecule has 0 spiro atoms. The molecule has 1 aliphatic heterocycles. The molecule has 2 aliphatic rings. The van der Waals surface area contributed by atoms with Crippen molar-refractivity contribution in [2.45, 2.75) is 25.3 Å². The van der Waals surface area contributed by atoms with Crippen molar-refractivity contribution in [1.82, 2.24) is 29.5 Å². The fourth-order valence-corrected chi connectivity index (χ4v) is 3.89. The maximum Gasteiger partial charge on any atom is 0.230 e. The van der Waals surface area contributed by atoms with Crippen LogP contribution in [-0.2, 0) is 11.3 Å². The molecule has 4 heterocycles. The number of morpholine rings is 1. The Labute approximate surface area is 175 Å². The van der Waals surface area contributed by atoms with Gasteiger partial charge in [-0.3, -0.25) is 0 Å². The highest BCUT2D eigenvalue weighted by Gasteiger charge is 2.29. The number of nitrogens with zero attached hydrogens (tertiary/aromatic N) is 6. The molecule has 1 saturated carbocycles. The predicted octanol–water partition coefficient (Wildman–Crippen LogP) is 2.60. The number of aromatic amines is 1. The van der Waals surface area contributed by atoms with Gasteiger partial charge < -0.3 is 19.9 Å². The number of aromatic nitrogens is 6. The normalized spacial score (nSPS) is 17.0. The fourth-order valence-electron chi connectivity index (χ4n) is 3.89. The van der Waals surface area contributed by atoms with Crippen LogP contribution >= 0.6 is 0 Å². The number of imidazole rings is 1.